The molecule has 0 fully saturated rings. The van der Waals surface area contributed by atoms with E-state index in [9.17, 15) is 9.59 Å². The molecular weight excluding hydrogens is 416 g/mol. The molecule has 0 N–H and O–H groups in total. The van der Waals surface area contributed by atoms with Crippen LogP contribution in [-0.4, -0.2) is 30.1 Å². The molecule has 0 atom stereocenters. The fourth-order valence-electron chi connectivity index (χ4n) is 4.24. The van der Waals surface area contributed by atoms with E-state index in [1.54, 1.807) is 6.07 Å². The van der Waals surface area contributed by atoms with Crippen molar-refractivity contribution < 1.29 is 19.1 Å². The quantitative estimate of drug-likeness (QED) is 0.527. The molecular formula is C27H24N2O4. The minimum absolute atomic E-state index is 0.152. The van der Waals surface area contributed by atoms with Crippen molar-refractivity contribution in [2.75, 3.05) is 18.2 Å². The van der Waals surface area contributed by atoms with Crippen LogP contribution in [0.3, 0.4) is 0 Å². The monoisotopic (exact) mass is 440 g/mol. The van der Waals surface area contributed by atoms with Crippen LogP contribution in [0.1, 0.15) is 23.6 Å². The Hall–Kier alpha value is -4.06. The second-order valence-electron chi connectivity index (χ2n) is 8.05. The molecule has 0 saturated heterocycles. The van der Waals surface area contributed by atoms with Gasteiger partial charge in [-0.1, -0.05) is 54.1 Å². The van der Waals surface area contributed by atoms with Crippen molar-refractivity contribution >= 4 is 23.1 Å². The molecule has 33 heavy (non-hydrogen) atoms. The fraction of sp³-hybridized carbons (Fsp3) is 0.185. The number of benzene rings is 3. The minimum Gasteiger partial charge on any atom is -0.454 e. The molecule has 0 unspecified atom stereocenters. The third kappa shape index (κ3) is 3.74. The average molecular weight is 440 g/mol. The summed E-state index contributed by atoms with van der Waals surface area (Å²) in [5.74, 6) is 0.682. The molecule has 0 bridgehead atoms. The van der Waals surface area contributed by atoms with Crippen LogP contribution in [0.5, 0.6) is 11.5 Å². The number of imide groups is 1. The number of hydrogen-bond donors (Lipinski definition) is 0. The lowest BCUT2D eigenvalue weighted by Crippen LogP contribution is -2.34. The lowest BCUT2D eigenvalue weighted by atomic mass is 10.0. The largest absolute Gasteiger partial charge is 0.454 e. The van der Waals surface area contributed by atoms with Gasteiger partial charge in [0, 0.05) is 12.2 Å². The van der Waals surface area contributed by atoms with Crippen LogP contribution in [0.25, 0.3) is 5.57 Å². The van der Waals surface area contributed by atoms with Gasteiger partial charge < -0.3 is 14.4 Å². The van der Waals surface area contributed by atoms with Crippen molar-refractivity contribution in [3.63, 3.8) is 0 Å². The number of likely N-dealkylation sites (N-methyl/N-ethyl adjacent to an activating group) is 1. The second kappa shape index (κ2) is 8.47. The van der Waals surface area contributed by atoms with Crippen molar-refractivity contribution in [1.29, 1.82) is 0 Å². The number of amides is 2. The zero-order valence-corrected chi connectivity index (χ0v) is 18.6. The van der Waals surface area contributed by atoms with Gasteiger partial charge in [-0.05, 0) is 49.2 Å². The van der Waals surface area contributed by atoms with E-state index in [4.69, 9.17) is 9.47 Å². The maximum absolute atomic E-state index is 13.7. The maximum Gasteiger partial charge on any atom is 0.278 e. The van der Waals surface area contributed by atoms with Gasteiger partial charge in [0.2, 0.25) is 6.79 Å². The number of rotatable bonds is 6. The van der Waals surface area contributed by atoms with E-state index in [0.717, 1.165) is 22.4 Å². The van der Waals surface area contributed by atoms with Gasteiger partial charge in [-0.15, -0.1) is 0 Å². The zero-order valence-electron chi connectivity index (χ0n) is 18.6. The highest BCUT2D eigenvalue weighted by molar-refractivity contribution is 6.36. The molecule has 3 aromatic carbocycles. The van der Waals surface area contributed by atoms with E-state index in [0.29, 0.717) is 29.3 Å². The molecule has 2 heterocycles. The molecule has 0 spiro atoms. The molecule has 0 saturated carbocycles. The first-order chi connectivity index (χ1) is 16.1. The minimum atomic E-state index is -0.307. The number of fused-ring (bicyclic) bond motifs is 1. The number of ether oxygens (including phenoxy) is 2. The van der Waals surface area contributed by atoms with Crippen molar-refractivity contribution in [3.8, 4) is 11.5 Å². The van der Waals surface area contributed by atoms with Crippen LogP contribution >= 0.6 is 0 Å². The Morgan fingerprint density at radius 2 is 1.61 bits per heavy atom. The number of hydrogen-bond acceptors (Lipinski definition) is 5. The number of anilines is 1. The average Bonchev–Trinajstić information content (AvgIpc) is 3.39. The fourth-order valence-corrected chi connectivity index (χ4v) is 4.24. The summed E-state index contributed by atoms with van der Waals surface area (Å²) in [6.07, 6.45) is 0. The van der Waals surface area contributed by atoms with Gasteiger partial charge >= 0.3 is 0 Å². The molecule has 0 radical (unpaired) electrons. The number of carbonyl (C=O) groups is 2. The normalized spacial score (nSPS) is 14.9. The lowest BCUT2D eigenvalue weighted by Gasteiger charge is -2.25. The highest BCUT2D eigenvalue weighted by atomic mass is 16.7. The van der Waals surface area contributed by atoms with Gasteiger partial charge in [0.05, 0.1) is 12.1 Å². The summed E-state index contributed by atoms with van der Waals surface area (Å²) in [7, 11) is 0. The molecule has 2 aliphatic heterocycles. The summed E-state index contributed by atoms with van der Waals surface area (Å²) in [4.78, 5) is 30.6. The van der Waals surface area contributed by atoms with Crippen molar-refractivity contribution in [1.82, 2.24) is 4.90 Å². The van der Waals surface area contributed by atoms with E-state index in [2.05, 4.69) is 0 Å². The molecule has 5 rings (SSSR count). The van der Waals surface area contributed by atoms with E-state index >= 15 is 0 Å². The molecule has 2 aliphatic rings. The Morgan fingerprint density at radius 1 is 0.879 bits per heavy atom. The molecule has 6 heteroatoms. The van der Waals surface area contributed by atoms with Crippen LogP contribution < -0.4 is 14.4 Å². The third-order valence-electron chi connectivity index (χ3n) is 5.92. The lowest BCUT2D eigenvalue weighted by molar-refractivity contribution is -0.137. The summed E-state index contributed by atoms with van der Waals surface area (Å²) in [6.45, 7) is 4.84. The summed E-state index contributed by atoms with van der Waals surface area (Å²) >= 11 is 0. The van der Waals surface area contributed by atoms with Crippen LogP contribution in [0.4, 0.5) is 5.69 Å². The Balaban J connectivity index is 1.57. The van der Waals surface area contributed by atoms with Crippen molar-refractivity contribution in [2.24, 2.45) is 0 Å². The van der Waals surface area contributed by atoms with Gasteiger partial charge in [0.1, 0.15) is 5.70 Å². The number of carbonyl (C=O) groups excluding carboxylic acids is 2. The van der Waals surface area contributed by atoms with Crippen LogP contribution in [0.15, 0.2) is 78.5 Å². The Morgan fingerprint density at radius 3 is 2.33 bits per heavy atom. The summed E-state index contributed by atoms with van der Waals surface area (Å²) in [5.41, 5.74) is 4.31. The third-order valence-corrected chi connectivity index (χ3v) is 5.92. The first-order valence-electron chi connectivity index (χ1n) is 11.0. The van der Waals surface area contributed by atoms with Gasteiger partial charge in [-0.2, -0.15) is 0 Å². The molecule has 6 nitrogen and oxygen atoms in total. The van der Waals surface area contributed by atoms with Crippen molar-refractivity contribution in [3.05, 3.63) is 95.2 Å². The highest BCUT2D eigenvalue weighted by Crippen LogP contribution is 2.37. The second-order valence-corrected chi connectivity index (χ2v) is 8.05. The topological polar surface area (TPSA) is 59.1 Å². The molecule has 2 amide bonds. The smallest absolute Gasteiger partial charge is 0.278 e. The molecule has 3 aromatic rings. The Kier molecular flexibility index (Phi) is 5.34. The van der Waals surface area contributed by atoms with E-state index in [-0.39, 0.29) is 25.2 Å². The summed E-state index contributed by atoms with van der Waals surface area (Å²) < 4.78 is 10.8. The van der Waals surface area contributed by atoms with Gasteiger partial charge in [-0.3, -0.25) is 14.5 Å². The zero-order chi connectivity index (χ0) is 22.9. The summed E-state index contributed by atoms with van der Waals surface area (Å²) in [6, 6.07) is 22.9. The molecule has 0 aromatic heterocycles. The van der Waals surface area contributed by atoms with E-state index < -0.39 is 0 Å². The van der Waals surface area contributed by atoms with Crippen LogP contribution in [-0.2, 0) is 16.1 Å². The van der Waals surface area contributed by atoms with Gasteiger partial charge in [0.25, 0.3) is 11.8 Å². The highest BCUT2D eigenvalue weighted by Gasteiger charge is 2.41. The standard InChI is InChI=1S/C27H24N2O4/c1-3-28(21-7-5-4-6-8-21)25-24(20-12-9-18(2)10-13-20)26(30)29(27(25)31)16-19-11-14-22-23(15-19)33-17-32-22/h4-15H,3,16-17H2,1-2H3. The summed E-state index contributed by atoms with van der Waals surface area (Å²) in [5, 5.41) is 0. The predicted octanol–water partition coefficient (Wildman–Crippen LogP) is 4.53. The SMILES string of the molecule is CCN(C1=C(c2ccc(C)cc2)C(=O)N(Cc2ccc3c(c2)OCO3)C1=O)c1ccccc1. The van der Waals surface area contributed by atoms with Crippen LogP contribution in [0.2, 0.25) is 0 Å². The Labute approximate surface area is 192 Å². The van der Waals surface area contributed by atoms with E-state index in [1.165, 1.54) is 4.90 Å². The Bertz CT molecular complexity index is 1250. The number of nitrogens with zero attached hydrogens (tertiary/aromatic N) is 2. The first-order valence-corrected chi connectivity index (χ1v) is 11.0. The predicted molar refractivity (Wildman–Crippen MR) is 126 cm³/mol. The first kappa shape index (κ1) is 20.8. The maximum atomic E-state index is 13.7. The van der Waals surface area contributed by atoms with Gasteiger partial charge in [-0.25, -0.2) is 0 Å². The van der Waals surface area contributed by atoms with Crippen LogP contribution in [0, 0.1) is 6.92 Å². The van der Waals surface area contributed by atoms with E-state index in [1.807, 2.05) is 85.5 Å². The van der Waals surface area contributed by atoms with Crippen molar-refractivity contribution in [2.45, 2.75) is 20.4 Å². The molecule has 0 aliphatic carbocycles. The number of aryl methyl sites for hydroxylation is 1. The molecule has 166 valence electrons. The number of para-hydroxylation sites is 1. The van der Waals surface area contributed by atoms with Gasteiger partial charge in [0.15, 0.2) is 11.5 Å².